The van der Waals surface area contributed by atoms with Crippen LogP contribution >= 0.6 is 0 Å². The zero-order valence-corrected chi connectivity index (χ0v) is 17.4. The van der Waals surface area contributed by atoms with Crippen LogP contribution in [0.4, 0.5) is 10.5 Å². The maximum absolute atomic E-state index is 13.4. The topological polar surface area (TPSA) is 105 Å². The number of aryl methyl sites for hydroxylation is 2. The lowest BCUT2D eigenvalue weighted by molar-refractivity contribution is -0.129. The van der Waals surface area contributed by atoms with Crippen molar-refractivity contribution in [3.63, 3.8) is 0 Å². The van der Waals surface area contributed by atoms with Crippen molar-refractivity contribution in [3.05, 3.63) is 59.2 Å². The predicted molar refractivity (Wildman–Crippen MR) is 110 cm³/mol. The number of amides is 3. The van der Waals surface area contributed by atoms with Crippen LogP contribution in [0.2, 0.25) is 0 Å². The zero-order valence-electron chi connectivity index (χ0n) is 17.4. The van der Waals surface area contributed by atoms with Gasteiger partial charge in [-0.15, -0.1) is 0 Å². The number of hydrogen-bond acceptors (Lipinski definition) is 6. The minimum absolute atomic E-state index is 0.135. The van der Waals surface area contributed by atoms with E-state index in [2.05, 4.69) is 10.3 Å². The summed E-state index contributed by atoms with van der Waals surface area (Å²) >= 11 is 0. The first-order valence-corrected chi connectivity index (χ1v) is 10.3. The first-order valence-electron chi connectivity index (χ1n) is 10.3. The Morgan fingerprint density at radius 1 is 1.19 bits per heavy atom. The number of hydrogen-bond donors (Lipinski definition) is 1. The average Bonchev–Trinajstić information content (AvgIpc) is 3.34. The molecule has 0 radical (unpaired) electrons. The van der Waals surface area contributed by atoms with Crippen molar-refractivity contribution >= 4 is 17.6 Å². The first kappa shape index (κ1) is 19.3. The number of benzene rings is 1. The van der Waals surface area contributed by atoms with Crippen LogP contribution in [0, 0.1) is 13.8 Å². The van der Waals surface area contributed by atoms with Crippen molar-refractivity contribution in [1.29, 1.82) is 0 Å². The lowest BCUT2D eigenvalue weighted by atomic mass is 9.75. The molecule has 3 heterocycles. The number of carbonyl (C=O) groups is 2. The molecular formula is C22H23N5O4. The van der Waals surface area contributed by atoms with Crippen molar-refractivity contribution < 1.29 is 19.2 Å². The summed E-state index contributed by atoms with van der Waals surface area (Å²) in [5.74, 6) is 0.643. The van der Waals surface area contributed by atoms with Gasteiger partial charge in [-0.1, -0.05) is 17.3 Å². The SMILES string of the molecule is Cc1noc(C)c1Cn1cc(N2C(=O)N(Cc3cccc(O)c3)C3(CCC3)C2=O)cn1. The number of phenols is 1. The van der Waals surface area contributed by atoms with Crippen LogP contribution in [0.5, 0.6) is 5.75 Å². The Balaban J connectivity index is 1.43. The van der Waals surface area contributed by atoms with Crippen LogP contribution in [0.15, 0.2) is 41.2 Å². The van der Waals surface area contributed by atoms with Crippen molar-refractivity contribution in [3.8, 4) is 5.75 Å². The molecule has 1 spiro atoms. The average molecular weight is 421 g/mol. The van der Waals surface area contributed by atoms with Crippen molar-refractivity contribution in [2.45, 2.75) is 51.7 Å². The van der Waals surface area contributed by atoms with Crippen LogP contribution in [-0.2, 0) is 17.9 Å². The second-order valence-corrected chi connectivity index (χ2v) is 8.26. The molecular weight excluding hydrogens is 398 g/mol. The van der Waals surface area contributed by atoms with Crippen LogP contribution in [0.1, 0.15) is 41.8 Å². The van der Waals surface area contributed by atoms with Gasteiger partial charge in [0.05, 0.1) is 24.1 Å². The normalized spacial score (nSPS) is 17.6. The number of nitrogens with zero attached hydrogens (tertiary/aromatic N) is 5. The Hall–Kier alpha value is -3.62. The standard InChI is InChI=1S/C22H23N5O4/c1-14-19(15(2)31-24-14)13-25-12-17(10-23-25)27-20(29)22(7-4-8-22)26(21(27)30)11-16-5-3-6-18(28)9-16/h3,5-6,9-10,12,28H,4,7-8,11,13H2,1-2H3. The van der Waals surface area contributed by atoms with E-state index in [0.29, 0.717) is 30.8 Å². The van der Waals surface area contributed by atoms with Gasteiger partial charge in [0.25, 0.3) is 5.91 Å². The second-order valence-electron chi connectivity index (χ2n) is 8.26. The van der Waals surface area contributed by atoms with E-state index < -0.39 is 5.54 Å². The number of aromatic hydroxyl groups is 1. The predicted octanol–water partition coefficient (Wildman–Crippen LogP) is 3.13. The van der Waals surface area contributed by atoms with Gasteiger partial charge in [0.15, 0.2) is 0 Å². The first-order chi connectivity index (χ1) is 14.9. The number of phenolic OH excluding ortho intramolecular Hbond substituents is 1. The molecule has 1 N–H and O–H groups in total. The lowest BCUT2D eigenvalue weighted by Crippen LogP contribution is -2.54. The monoisotopic (exact) mass is 421 g/mol. The lowest BCUT2D eigenvalue weighted by Gasteiger charge is -2.42. The molecule has 3 amide bonds. The largest absolute Gasteiger partial charge is 0.508 e. The van der Waals surface area contributed by atoms with Crippen LogP contribution in [0.3, 0.4) is 0 Å². The Morgan fingerprint density at radius 3 is 2.65 bits per heavy atom. The van der Waals surface area contributed by atoms with Gasteiger partial charge in [-0.3, -0.25) is 9.48 Å². The molecule has 5 rings (SSSR count). The van der Waals surface area contributed by atoms with Gasteiger partial charge >= 0.3 is 6.03 Å². The highest BCUT2D eigenvalue weighted by Crippen LogP contribution is 2.46. The molecule has 3 aromatic rings. The molecule has 160 valence electrons. The number of rotatable bonds is 5. The summed E-state index contributed by atoms with van der Waals surface area (Å²) in [6.07, 6.45) is 5.42. The van der Waals surface area contributed by atoms with E-state index in [0.717, 1.165) is 23.2 Å². The van der Waals surface area contributed by atoms with E-state index in [1.165, 1.54) is 11.1 Å². The summed E-state index contributed by atoms with van der Waals surface area (Å²) in [7, 11) is 0. The van der Waals surface area contributed by atoms with Crippen molar-refractivity contribution in [2.24, 2.45) is 0 Å². The fraction of sp³-hybridized carbons (Fsp3) is 0.364. The zero-order chi connectivity index (χ0) is 21.8. The van der Waals surface area contributed by atoms with Crippen LogP contribution in [-0.4, -0.2) is 42.4 Å². The Bertz CT molecular complexity index is 1160. The molecule has 1 aliphatic heterocycles. The van der Waals surface area contributed by atoms with Crippen molar-refractivity contribution in [2.75, 3.05) is 4.90 Å². The Morgan fingerprint density at radius 2 is 2.00 bits per heavy atom. The third-order valence-electron chi connectivity index (χ3n) is 6.35. The fourth-order valence-electron chi connectivity index (χ4n) is 4.44. The third-order valence-corrected chi connectivity index (χ3v) is 6.35. The quantitative estimate of drug-likeness (QED) is 0.635. The van der Waals surface area contributed by atoms with E-state index in [9.17, 15) is 14.7 Å². The summed E-state index contributed by atoms with van der Waals surface area (Å²) in [6, 6.07) is 6.42. The Labute approximate surface area is 178 Å². The minimum Gasteiger partial charge on any atom is -0.508 e. The van der Waals surface area contributed by atoms with Gasteiger partial charge in [-0.2, -0.15) is 5.10 Å². The summed E-state index contributed by atoms with van der Waals surface area (Å²) in [6.45, 7) is 4.41. The number of aromatic nitrogens is 3. The van der Waals surface area contributed by atoms with Gasteiger partial charge in [-0.05, 0) is 50.8 Å². The molecule has 9 nitrogen and oxygen atoms in total. The second kappa shape index (κ2) is 6.97. The van der Waals surface area contributed by atoms with E-state index in [1.807, 2.05) is 19.9 Å². The molecule has 2 fully saturated rings. The summed E-state index contributed by atoms with van der Waals surface area (Å²) in [5.41, 5.74) is 2.13. The number of anilines is 1. The maximum Gasteiger partial charge on any atom is 0.332 e. The number of imide groups is 1. The van der Waals surface area contributed by atoms with Crippen LogP contribution in [0.25, 0.3) is 0 Å². The van der Waals surface area contributed by atoms with Crippen molar-refractivity contribution in [1.82, 2.24) is 19.8 Å². The van der Waals surface area contributed by atoms with E-state index in [-0.39, 0.29) is 24.2 Å². The number of urea groups is 1. The molecule has 9 heteroatoms. The highest BCUT2D eigenvalue weighted by Gasteiger charge is 2.60. The van der Waals surface area contributed by atoms with Gasteiger partial charge in [0, 0.05) is 18.3 Å². The molecule has 1 aromatic carbocycles. The molecule has 0 atom stereocenters. The summed E-state index contributed by atoms with van der Waals surface area (Å²) in [5, 5.41) is 18.1. The molecule has 31 heavy (non-hydrogen) atoms. The fourth-order valence-corrected chi connectivity index (χ4v) is 4.44. The third kappa shape index (κ3) is 2.99. The molecule has 2 aromatic heterocycles. The molecule has 1 saturated heterocycles. The van der Waals surface area contributed by atoms with E-state index in [4.69, 9.17) is 4.52 Å². The molecule has 1 aliphatic carbocycles. The molecule has 0 bridgehead atoms. The molecule has 0 unspecified atom stereocenters. The van der Waals surface area contributed by atoms with E-state index >= 15 is 0 Å². The summed E-state index contributed by atoms with van der Waals surface area (Å²) < 4.78 is 6.88. The summed E-state index contributed by atoms with van der Waals surface area (Å²) in [4.78, 5) is 29.6. The van der Waals surface area contributed by atoms with Crippen LogP contribution < -0.4 is 4.90 Å². The highest BCUT2D eigenvalue weighted by molar-refractivity contribution is 6.23. The van der Waals surface area contributed by atoms with Gasteiger partial charge in [-0.25, -0.2) is 9.69 Å². The van der Waals surface area contributed by atoms with Gasteiger partial charge in [0.1, 0.15) is 17.0 Å². The highest BCUT2D eigenvalue weighted by atomic mass is 16.5. The van der Waals surface area contributed by atoms with Gasteiger partial charge in [0.2, 0.25) is 0 Å². The van der Waals surface area contributed by atoms with E-state index in [1.54, 1.807) is 34.0 Å². The number of carbonyl (C=O) groups excluding carboxylic acids is 2. The molecule has 2 aliphatic rings. The smallest absolute Gasteiger partial charge is 0.332 e. The molecule has 1 saturated carbocycles. The minimum atomic E-state index is -0.813. The Kier molecular flexibility index (Phi) is 4.35. The van der Waals surface area contributed by atoms with Gasteiger partial charge < -0.3 is 14.5 Å². The maximum atomic E-state index is 13.4.